The van der Waals surface area contributed by atoms with E-state index >= 15 is 0 Å². The number of carboxylic acid groups (broad SMARTS) is 1. The number of anilines is 2. The Morgan fingerprint density at radius 3 is 2.63 bits per heavy atom. The van der Waals surface area contributed by atoms with Gasteiger partial charge in [-0.15, -0.1) is 0 Å². The maximum atomic E-state index is 12.2. The Kier molecular flexibility index (Phi) is 4.51. The molecule has 27 heavy (non-hydrogen) atoms. The molecular formula is C15H14N6O5S. The van der Waals surface area contributed by atoms with Gasteiger partial charge in [-0.2, -0.15) is 5.10 Å². The number of hydrogen-bond donors (Lipinski definition) is 4. The molecule has 0 aliphatic rings. The number of sulfonamides is 1. The van der Waals surface area contributed by atoms with E-state index in [2.05, 4.69) is 20.7 Å². The summed E-state index contributed by atoms with van der Waals surface area (Å²) < 4.78 is 24.0. The maximum Gasteiger partial charge on any atom is 0.339 e. The Morgan fingerprint density at radius 1 is 1.22 bits per heavy atom. The molecule has 0 aliphatic heterocycles. The van der Waals surface area contributed by atoms with Gasteiger partial charge in [0.15, 0.2) is 5.65 Å². The van der Waals surface area contributed by atoms with E-state index in [4.69, 9.17) is 10.2 Å². The number of nitrogens with one attached hydrogen (secondary N) is 2. The highest BCUT2D eigenvalue weighted by Gasteiger charge is 2.16. The lowest BCUT2D eigenvalue weighted by atomic mass is 10.2. The average molecular weight is 390 g/mol. The number of aromatic carboxylic acids is 1. The van der Waals surface area contributed by atoms with Gasteiger partial charge in [-0.1, -0.05) is 6.07 Å². The second kappa shape index (κ2) is 6.66. The van der Waals surface area contributed by atoms with Crippen LogP contribution in [0.15, 0.2) is 41.6 Å². The molecule has 12 heteroatoms. The van der Waals surface area contributed by atoms with Crippen LogP contribution in [-0.2, 0) is 10.0 Å². The number of primary sulfonamides is 1. The fraction of sp³-hybridized carbons (Fsp3) is 0.0667. The second-order valence-electron chi connectivity index (χ2n) is 5.51. The van der Waals surface area contributed by atoms with Gasteiger partial charge in [-0.05, 0) is 25.1 Å². The summed E-state index contributed by atoms with van der Waals surface area (Å²) >= 11 is 0. The molecule has 3 rings (SSSR count). The first-order valence-corrected chi connectivity index (χ1v) is 8.99. The molecule has 0 unspecified atom stereocenters. The predicted octanol–water partition coefficient (Wildman–Crippen LogP) is 1.03. The minimum absolute atomic E-state index is 0.0126. The summed E-state index contributed by atoms with van der Waals surface area (Å²) in [5.74, 6) is -1.14. The molecule has 2 amide bonds. The molecule has 1 aromatic carbocycles. The summed E-state index contributed by atoms with van der Waals surface area (Å²) in [6.07, 6.45) is 2.49. The minimum Gasteiger partial charge on any atom is -0.478 e. The summed E-state index contributed by atoms with van der Waals surface area (Å²) in [7, 11) is -3.90. The first kappa shape index (κ1) is 18.3. The van der Waals surface area contributed by atoms with Crippen LogP contribution in [0.5, 0.6) is 0 Å². The predicted molar refractivity (Wildman–Crippen MR) is 95.1 cm³/mol. The second-order valence-corrected chi connectivity index (χ2v) is 7.07. The number of carbonyl (C=O) groups is 2. The van der Waals surface area contributed by atoms with Crippen LogP contribution in [-0.4, -0.2) is 40.1 Å². The highest BCUT2D eigenvalue weighted by atomic mass is 32.2. The van der Waals surface area contributed by atoms with Gasteiger partial charge in [0.1, 0.15) is 5.69 Å². The van der Waals surface area contributed by atoms with E-state index in [1.165, 1.54) is 41.2 Å². The van der Waals surface area contributed by atoms with Gasteiger partial charge in [0.05, 0.1) is 22.3 Å². The van der Waals surface area contributed by atoms with Gasteiger partial charge in [0.2, 0.25) is 10.0 Å². The third kappa shape index (κ3) is 3.70. The van der Waals surface area contributed by atoms with Crippen molar-refractivity contribution in [2.75, 3.05) is 10.6 Å². The third-order valence-electron chi connectivity index (χ3n) is 3.67. The number of nitrogens with zero attached hydrogens (tertiary/aromatic N) is 3. The molecule has 0 saturated carbocycles. The van der Waals surface area contributed by atoms with E-state index in [0.29, 0.717) is 5.69 Å². The van der Waals surface area contributed by atoms with Crippen LogP contribution in [0.4, 0.5) is 16.2 Å². The zero-order valence-electron chi connectivity index (χ0n) is 13.9. The Labute approximate surface area is 152 Å². The van der Waals surface area contributed by atoms with E-state index in [9.17, 15) is 18.0 Å². The van der Waals surface area contributed by atoms with Crippen LogP contribution in [0.3, 0.4) is 0 Å². The van der Waals surface area contributed by atoms with Crippen LogP contribution in [0.1, 0.15) is 16.1 Å². The molecule has 0 radical (unpaired) electrons. The van der Waals surface area contributed by atoms with Crippen molar-refractivity contribution in [1.29, 1.82) is 0 Å². The SMILES string of the molecule is Cc1c(C(=O)O)cnc2c(NC(=O)Nc3cccc(S(N)(=O)=O)c3)cnn12. The third-order valence-corrected chi connectivity index (χ3v) is 4.58. The van der Waals surface area contributed by atoms with Crippen LogP contribution in [0, 0.1) is 6.92 Å². The summed E-state index contributed by atoms with van der Waals surface area (Å²) in [6, 6.07) is 4.77. The van der Waals surface area contributed by atoms with Gasteiger partial charge in [0, 0.05) is 11.9 Å². The van der Waals surface area contributed by atoms with Crippen LogP contribution in [0.25, 0.3) is 5.65 Å². The van der Waals surface area contributed by atoms with Gasteiger partial charge < -0.3 is 15.7 Å². The zero-order valence-corrected chi connectivity index (χ0v) is 14.7. The molecule has 0 aliphatic carbocycles. The number of aryl methyl sites for hydroxylation is 1. The van der Waals surface area contributed by atoms with Gasteiger partial charge in [-0.3, -0.25) is 0 Å². The normalized spacial score (nSPS) is 11.3. The van der Waals surface area contributed by atoms with E-state index in [0.717, 1.165) is 0 Å². The fourth-order valence-corrected chi connectivity index (χ4v) is 2.94. The van der Waals surface area contributed by atoms with E-state index in [1.54, 1.807) is 6.92 Å². The van der Waals surface area contributed by atoms with Crippen molar-refractivity contribution in [1.82, 2.24) is 14.6 Å². The average Bonchev–Trinajstić information content (AvgIpc) is 2.98. The minimum atomic E-state index is -3.90. The number of hydrogen-bond acceptors (Lipinski definition) is 6. The lowest BCUT2D eigenvalue weighted by molar-refractivity contribution is 0.0694. The standard InChI is InChI=1S/C15H14N6O5S/c1-8-11(14(22)23)6-17-13-12(7-18-21(8)13)20-15(24)19-9-3-2-4-10(5-9)27(16,25)26/h2-7H,1H3,(H,22,23)(H2,16,25,26)(H2,19,20,24). The molecule has 0 bridgehead atoms. The first-order valence-electron chi connectivity index (χ1n) is 7.44. The van der Waals surface area contributed by atoms with Crippen molar-refractivity contribution in [3.8, 4) is 0 Å². The van der Waals surface area contributed by atoms with E-state index in [-0.39, 0.29) is 27.5 Å². The zero-order chi connectivity index (χ0) is 19.8. The summed E-state index contributed by atoms with van der Waals surface area (Å²) in [5, 5.41) is 23.2. The molecule has 3 aromatic rings. The molecule has 2 heterocycles. The largest absolute Gasteiger partial charge is 0.478 e. The number of rotatable bonds is 4. The summed E-state index contributed by atoms with van der Waals surface area (Å²) in [4.78, 5) is 27.2. The van der Waals surface area contributed by atoms with Gasteiger partial charge >= 0.3 is 12.0 Å². The number of aromatic nitrogens is 3. The molecule has 140 valence electrons. The number of carbonyl (C=O) groups excluding carboxylic acids is 1. The number of nitrogens with two attached hydrogens (primary N) is 1. The molecule has 0 atom stereocenters. The van der Waals surface area contributed by atoms with Crippen LogP contribution >= 0.6 is 0 Å². The number of benzene rings is 1. The lowest BCUT2D eigenvalue weighted by Crippen LogP contribution is -2.20. The summed E-state index contributed by atoms with van der Waals surface area (Å²) in [5.41, 5.74) is 1.05. The molecular weight excluding hydrogens is 376 g/mol. The molecule has 2 aromatic heterocycles. The Hall–Kier alpha value is -3.51. The topological polar surface area (TPSA) is 169 Å². The van der Waals surface area contributed by atoms with Crippen molar-refractivity contribution in [3.05, 3.63) is 47.9 Å². The quantitative estimate of drug-likeness (QED) is 0.515. The monoisotopic (exact) mass is 390 g/mol. The summed E-state index contributed by atoms with van der Waals surface area (Å²) in [6.45, 7) is 1.56. The van der Waals surface area contributed by atoms with Crippen LogP contribution < -0.4 is 15.8 Å². The molecule has 5 N–H and O–H groups in total. The van der Waals surface area contributed by atoms with Gasteiger partial charge in [0.25, 0.3) is 0 Å². The van der Waals surface area contributed by atoms with Crippen molar-refractivity contribution in [3.63, 3.8) is 0 Å². The smallest absolute Gasteiger partial charge is 0.339 e. The van der Waals surface area contributed by atoms with Gasteiger partial charge in [-0.25, -0.2) is 32.6 Å². The lowest BCUT2D eigenvalue weighted by Gasteiger charge is -2.08. The van der Waals surface area contributed by atoms with Crippen molar-refractivity contribution in [2.24, 2.45) is 5.14 Å². The van der Waals surface area contributed by atoms with Crippen molar-refractivity contribution in [2.45, 2.75) is 11.8 Å². The Balaban J connectivity index is 1.83. The molecule has 0 spiro atoms. The molecule has 11 nitrogen and oxygen atoms in total. The highest BCUT2D eigenvalue weighted by molar-refractivity contribution is 7.89. The fourth-order valence-electron chi connectivity index (χ4n) is 2.38. The highest BCUT2D eigenvalue weighted by Crippen LogP contribution is 2.19. The number of fused-ring (bicyclic) bond motifs is 1. The van der Waals surface area contributed by atoms with Crippen molar-refractivity contribution >= 4 is 39.0 Å². The molecule has 0 fully saturated rings. The Bertz CT molecular complexity index is 1170. The maximum absolute atomic E-state index is 12.2. The number of carboxylic acids is 1. The number of amides is 2. The van der Waals surface area contributed by atoms with E-state index < -0.39 is 22.0 Å². The number of urea groups is 1. The first-order chi connectivity index (χ1) is 12.7. The Morgan fingerprint density at radius 2 is 1.96 bits per heavy atom. The van der Waals surface area contributed by atoms with E-state index in [1.807, 2.05) is 0 Å². The van der Waals surface area contributed by atoms with Crippen molar-refractivity contribution < 1.29 is 23.1 Å². The van der Waals surface area contributed by atoms with Crippen LogP contribution in [0.2, 0.25) is 0 Å². The molecule has 0 saturated heterocycles.